The number of morpholine rings is 1. The Morgan fingerprint density at radius 3 is 2.44 bits per heavy atom. The summed E-state index contributed by atoms with van der Waals surface area (Å²) in [4.78, 5) is 21.3. The van der Waals surface area contributed by atoms with Crippen LogP contribution >= 0.6 is 36.2 Å². The quantitative estimate of drug-likeness (QED) is 0.764. The van der Waals surface area contributed by atoms with Crippen LogP contribution in [0.2, 0.25) is 0 Å². The van der Waals surface area contributed by atoms with Crippen LogP contribution in [0.15, 0.2) is 5.38 Å². The Balaban J connectivity index is 0.00000182. The predicted molar refractivity (Wildman–Crippen MR) is 114 cm³/mol. The van der Waals surface area contributed by atoms with E-state index in [1.54, 1.807) is 0 Å². The minimum atomic E-state index is 0. The van der Waals surface area contributed by atoms with Crippen LogP contribution in [0.5, 0.6) is 0 Å². The molecule has 1 aromatic heterocycles. The van der Waals surface area contributed by atoms with Gasteiger partial charge in [0, 0.05) is 38.1 Å². The van der Waals surface area contributed by atoms with Crippen LogP contribution in [-0.2, 0) is 11.3 Å². The van der Waals surface area contributed by atoms with Crippen LogP contribution in [0.1, 0.15) is 48.6 Å². The first-order chi connectivity index (χ1) is 12.0. The highest BCUT2D eigenvalue weighted by atomic mass is 35.5. The molecule has 0 bridgehead atoms. The van der Waals surface area contributed by atoms with E-state index in [-0.39, 0.29) is 30.7 Å². The van der Waals surface area contributed by atoms with E-state index in [2.05, 4.69) is 23.7 Å². The molecule has 1 amide bonds. The Labute approximate surface area is 178 Å². The topological polar surface area (TPSA) is 71.7 Å². The highest BCUT2D eigenvalue weighted by molar-refractivity contribution is 7.09. The summed E-state index contributed by atoms with van der Waals surface area (Å²) in [5.41, 5.74) is 6.14. The van der Waals surface area contributed by atoms with Gasteiger partial charge in [-0.05, 0) is 45.6 Å². The summed E-state index contributed by atoms with van der Waals surface area (Å²) in [6, 6.07) is 0. The van der Waals surface area contributed by atoms with Gasteiger partial charge in [-0.3, -0.25) is 9.69 Å². The summed E-state index contributed by atoms with van der Waals surface area (Å²) in [6.07, 6.45) is 4.07. The monoisotopic (exact) mass is 438 g/mol. The van der Waals surface area contributed by atoms with Gasteiger partial charge in [-0.2, -0.15) is 0 Å². The molecule has 3 rings (SSSR count). The van der Waals surface area contributed by atoms with Crippen LogP contribution in [0.25, 0.3) is 0 Å². The number of halogens is 2. The van der Waals surface area contributed by atoms with Gasteiger partial charge in [0.25, 0.3) is 5.91 Å². The summed E-state index contributed by atoms with van der Waals surface area (Å²) < 4.78 is 5.80. The molecule has 9 heteroatoms. The van der Waals surface area contributed by atoms with E-state index in [9.17, 15) is 4.79 Å². The number of hydrogen-bond acceptors (Lipinski definition) is 6. The third-order valence-corrected chi connectivity index (χ3v) is 6.07. The predicted octanol–water partition coefficient (Wildman–Crippen LogP) is 2.80. The minimum Gasteiger partial charge on any atom is -0.373 e. The Morgan fingerprint density at radius 2 is 1.89 bits per heavy atom. The third-order valence-electron chi connectivity index (χ3n) is 5.20. The Bertz CT molecular complexity index is 571. The summed E-state index contributed by atoms with van der Waals surface area (Å²) >= 11 is 1.47. The lowest BCUT2D eigenvalue weighted by molar-refractivity contribution is -0.0693. The lowest BCUT2D eigenvalue weighted by Crippen LogP contribution is -2.46. The van der Waals surface area contributed by atoms with E-state index in [0.29, 0.717) is 30.4 Å². The standard InChI is InChI=1S/C18H30N4O2S.2ClH/c1-13-10-21(11-14(2)24-13)6-3-15-4-7-22(8-5-15)18(23)16-12-25-17(9-19)20-16;;/h12-15H,3-11,19H2,1-2H3;2*1H. The molecule has 0 aliphatic carbocycles. The number of likely N-dealkylation sites (tertiary alicyclic amines) is 1. The van der Waals surface area contributed by atoms with Crippen molar-refractivity contribution in [2.75, 3.05) is 32.7 Å². The fourth-order valence-electron chi connectivity index (χ4n) is 3.92. The fourth-order valence-corrected chi connectivity index (χ4v) is 4.57. The maximum Gasteiger partial charge on any atom is 0.273 e. The third kappa shape index (κ3) is 6.84. The molecular weight excluding hydrogens is 407 g/mol. The van der Waals surface area contributed by atoms with Crippen LogP contribution in [0, 0.1) is 5.92 Å². The first-order valence-corrected chi connectivity index (χ1v) is 10.2. The average Bonchev–Trinajstić information content (AvgIpc) is 3.08. The molecule has 2 aliphatic rings. The maximum absolute atomic E-state index is 12.5. The van der Waals surface area contributed by atoms with Gasteiger partial charge < -0.3 is 15.4 Å². The first kappa shape index (κ1) is 24.6. The zero-order valence-corrected chi connectivity index (χ0v) is 18.6. The molecule has 2 N–H and O–H groups in total. The van der Waals surface area contributed by atoms with Gasteiger partial charge >= 0.3 is 0 Å². The summed E-state index contributed by atoms with van der Waals surface area (Å²) in [5, 5.41) is 2.66. The second-order valence-electron chi connectivity index (χ2n) is 7.37. The van der Waals surface area contributed by atoms with E-state index in [0.717, 1.165) is 50.6 Å². The van der Waals surface area contributed by atoms with Gasteiger partial charge in [0.2, 0.25) is 0 Å². The average molecular weight is 439 g/mol. The molecule has 0 aromatic carbocycles. The number of carbonyl (C=O) groups is 1. The van der Waals surface area contributed by atoms with Gasteiger partial charge in [0.15, 0.2) is 0 Å². The van der Waals surface area contributed by atoms with Crippen LogP contribution in [0.3, 0.4) is 0 Å². The number of piperidine rings is 1. The summed E-state index contributed by atoms with van der Waals surface area (Å²) in [5.74, 6) is 0.776. The number of hydrogen-bond donors (Lipinski definition) is 1. The molecule has 27 heavy (non-hydrogen) atoms. The largest absolute Gasteiger partial charge is 0.373 e. The number of nitrogens with two attached hydrogens (primary N) is 1. The van der Waals surface area contributed by atoms with Crippen molar-refractivity contribution in [1.29, 1.82) is 0 Å². The summed E-state index contributed by atoms with van der Waals surface area (Å²) in [6.45, 7) is 9.61. The Kier molecular flexibility index (Phi) is 10.5. The minimum absolute atomic E-state index is 0. The van der Waals surface area contributed by atoms with Crippen LogP contribution in [-0.4, -0.2) is 65.6 Å². The van der Waals surface area contributed by atoms with Crippen molar-refractivity contribution in [3.05, 3.63) is 16.1 Å². The number of rotatable bonds is 5. The van der Waals surface area contributed by atoms with Gasteiger partial charge in [0.05, 0.1) is 12.2 Å². The van der Waals surface area contributed by atoms with Crippen molar-refractivity contribution < 1.29 is 9.53 Å². The molecule has 2 unspecified atom stereocenters. The molecule has 2 fully saturated rings. The molecule has 2 aliphatic heterocycles. The number of amides is 1. The summed E-state index contributed by atoms with van der Waals surface area (Å²) in [7, 11) is 0. The normalized spacial score (nSPS) is 24.2. The Hall–Kier alpha value is -0.440. The molecule has 0 spiro atoms. The number of nitrogens with zero attached hydrogens (tertiary/aromatic N) is 3. The van der Waals surface area contributed by atoms with Gasteiger partial charge in [0.1, 0.15) is 10.7 Å². The van der Waals surface area contributed by atoms with E-state index in [1.165, 1.54) is 17.8 Å². The van der Waals surface area contributed by atoms with Crippen LogP contribution in [0.4, 0.5) is 0 Å². The first-order valence-electron chi connectivity index (χ1n) is 9.36. The van der Waals surface area contributed by atoms with E-state index in [4.69, 9.17) is 10.5 Å². The van der Waals surface area contributed by atoms with Gasteiger partial charge in [-0.25, -0.2) is 4.98 Å². The van der Waals surface area contributed by atoms with Crippen LogP contribution < -0.4 is 5.73 Å². The fraction of sp³-hybridized carbons (Fsp3) is 0.778. The smallest absolute Gasteiger partial charge is 0.273 e. The van der Waals surface area contributed by atoms with Crippen molar-refractivity contribution in [3.63, 3.8) is 0 Å². The number of ether oxygens (including phenoxy) is 1. The van der Waals surface area contributed by atoms with Crippen molar-refractivity contribution >= 4 is 42.1 Å². The molecule has 0 saturated carbocycles. The van der Waals surface area contributed by atoms with Gasteiger partial charge in [-0.1, -0.05) is 0 Å². The molecule has 1 aromatic rings. The maximum atomic E-state index is 12.5. The van der Waals surface area contributed by atoms with E-state index in [1.807, 2.05) is 10.3 Å². The zero-order chi connectivity index (χ0) is 17.8. The molecule has 2 atom stereocenters. The number of thiazole rings is 1. The second kappa shape index (κ2) is 11.5. The second-order valence-corrected chi connectivity index (χ2v) is 8.31. The highest BCUT2D eigenvalue weighted by Gasteiger charge is 2.27. The number of carbonyl (C=O) groups excluding carboxylic acids is 1. The molecule has 6 nitrogen and oxygen atoms in total. The lowest BCUT2D eigenvalue weighted by Gasteiger charge is -2.37. The molecular formula is C18H32Cl2N4O2S. The SMILES string of the molecule is CC1CN(CCC2CCN(C(=O)c3csc(CN)n3)CC2)CC(C)O1.Cl.Cl. The van der Waals surface area contributed by atoms with Crippen molar-refractivity contribution in [3.8, 4) is 0 Å². The van der Waals surface area contributed by atoms with E-state index < -0.39 is 0 Å². The molecule has 156 valence electrons. The Morgan fingerprint density at radius 1 is 1.26 bits per heavy atom. The highest BCUT2D eigenvalue weighted by Crippen LogP contribution is 2.23. The van der Waals surface area contributed by atoms with Gasteiger partial charge in [-0.15, -0.1) is 36.2 Å². The van der Waals surface area contributed by atoms with Crippen molar-refractivity contribution in [1.82, 2.24) is 14.8 Å². The van der Waals surface area contributed by atoms with Crippen molar-refractivity contribution in [2.24, 2.45) is 11.7 Å². The molecule has 3 heterocycles. The molecule has 0 radical (unpaired) electrons. The lowest BCUT2D eigenvalue weighted by atomic mass is 9.93. The molecule has 2 saturated heterocycles. The zero-order valence-electron chi connectivity index (χ0n) is 16.1. The van der Waals surface area contributed by atoms with E-state index >= 15 is 0 Å². The van der Waals surface area contributed by atoms with Crippen molar-refractivity contribution in [2.45, 2.75) is 51.9 Å². The number of aromatic nitrogens is 1.